The normalized spacial score (nSPS) is 22.5. The van der Waals surface area contributed by atoms with Crippen LogP contribution in [0.5, 0.6) is 0 Å². The molecule has 0 amide bonds. The summed E-state index contributed by atoms with van der Waals surface area (Å²) in [5.74, 6) is 0.438. The Kier molecular flexibility index (Phi) is 2.97. The molecule has 1 aliphatic carbocycles. The van der Waals surface area contributed by atoms with Crippen LogP contribution in [0.1, 0.15) is 34.7 Å². The molecule has 2 atom stereocenters. The molecule has 2 aromatic rings. The monoisotopic (exact) mass is 287 g/mol. The summed E-state index contributed by atoms with van der Waals surface area (Å²) in [5, 5.41) is 15.9. The third-order valence-electron chi connectivity index (χ3n) is 4.80. The molecule has 3 nitrogen and oxygen atoms in total. The maximum absolute atomic E-state index is 8.96. The van der Waals surface area contributed by atoms with Gasteiger partial charge in [0, 0.05) is 18.5 Å². The van der Waals surface area contributed by atoms with Gasteiger partial charge in [0.05, 0.1) is 23.4 Å². The lowest BCUT2D eigenvalue weighted by Gasteiger charge is -2.29. The molecule has 0 fully saturated rings. The van der Waals surface area contributed by atoms with Crippen LogP contribution >= 0.6 is 0 Å². The molecule has 1 aliphatic heterocycles. The average molecular weight is 287 g/mol. The Balaban J connectivity index is 1.72. The topological polar surface area (TPSA) is 39.4 Å². The summed E-state index contributed by atoms with van der Waals surface area (Å²) in [7, 11) is 2.05. The highest BCUT2D eigenvalue weighted by Gasteiger charge is 2.39. The minimum Gasteiger partial charge on any atom is -0.292 e. The zero-order chi connectivity index (χ0) is 15.1. The van der Waals surface area contributed by atoms with Crippen LogP contribution in [0, 0.1) is 17.2 Å². The van der Waals surface area contributed by atoms with Crippen LogP contribution in [0.15, 0.2) is 53.6 Å². The van der Waals surface area contributed by atoms with E-state index in [9.17, 15) is 0 Å². The molecule has 108 valence electrons. The highest BCUT2D eigenvalue weighted by atomic mass is 15.5. The number of hydrazone groups is 1. The quantitative estimate of drug-likeness (QED) is 0.805. The molecule has 0 saturated carbocycles. The number of fused-ring (bicyclic) bond motifs is 3. The fourth-order valence-electron chi connectivity index (χ4n) is 3.77. The Labute approximate surface area is 130 Å². The molecule has 0 N–H and O–H groups in total. The van der Waals surface area contributed by atoms with Gasteiger partial charge in [-0.3, -0.25) is 5.01 Å². The Morgan fingerprint density at radius 2 is 1.91 bits per heavy atom. The van der Waals surface area contributed by atoms with Crippen LogP contribution in [0.25, 0.3) is 0 Å². The van der Waals surface area contributed by atoms with Gasteiger partial charge in [-0.25, -0.2) is 0 Å². The molecular weight excluding hydrogens is 270 g/mol. The fourth-order valence-corrected chi connectivity index (χ4v) is 3.77. The lowest BCUT2D eigenvalue weighted by atomic mass is 9.77. The van der Waals surface area contributed by atoms with E-state index in [0.717, 1.165) is 12.8 Å². The first-order valence-corrected chi connectivity index (χ1v) is 7.67. The Hall–Kier alpha value is -2.60. The number of nitriles is 1. The van der Waals surface area contributed by atoms with Crippen LogP contribution in [-0.2, 0) is 6.42 Å². The van der Waals surface area contributed by atoms with Gasteiger partial charge in [-0.1, -0.05) is 36.4 Å². The molecule has 0 bridgehead atoms. The van der Waals surface area contributed by atoms with E-state index in [1.165, 1.54) is 22.4 Å². The lowest BCUT2D eigenvalue weighted by Crippen LogP contribution is -2.27. The number of hydrogen-bond donors (Lipinski definition) is 0. The Morgan fingerprint density at radius 3 is 2.68 bits per heavy atom. The van der Waals surface area contributed by atoms with Gasteiger partial charge in [-0.2, -0.15) is 10.4 Å². The minimum absolute atomic E-state index is 0.274. The van der Waals surface area contributed by atoms with Crippen molar-refractivity contribution in [2.75, 3.05) is 7.05 Å². The predicted octanol–water partition coefficient (Wildman–Crippen LogP) is 3.51. The Bertz CT molecular complexity index is 783. The van der Waals surface area contributed by atoms with E-state index >= 15 is 0 Å². The summed E-state index contributed by atoms with van der Waals surface area (Å²) in [5.41, 5.74) is 5.89. The van der Waals surface area contributed by atoms with Crippen LogP contribution in [-0.4, -0.2) is 17.8 Å². The molecule has 0 radical (unpaired) electrons. The van der Waals surface area contributed by atoms with Crippen molar-refractivity contribution in [1.29, 1.82) is 5.26 Å². The molecule has 0 saturated heterocycles. The predicted molar refractivity (Wildman–Crippen MR) is 86.5 cm³/mol. The van der Waals surface area contributed by atoms with Crippen LogP contribution < -0.4 is 0 Å². The van der Waals surface area contributed by atoms with Gasteiger partial charge in [0.2, 0.25) is 0 Å². The second kappa shape index (κ2) is 4.99. The number of rotatable bonds is 1. The molecular formula is C19H17N3. The third kappa shape index (κ3) is 1.92. The first-order valence-electron chi connectivity index (χ1n) is 7.67. The molecule has 0 spiro atoms. The van der Waals surface area contributed by atoms with Crippen molar-refractivity contribution in [3.8, 4) is 6.07 Å². The van der Waals surface area contributed by atoms with Crippen molar-refractivity contribution in [3.63, 3.8) is 0 Å². The van der Waals surface area contributed by atoms with Crippen LogP contribution in [0.3, 0.4) is 0 Å². The zero-order valence-corrected chi connectivity index (χ0v) is 12.5. The molecule has 2 aliphatic rings. The average Bonchev–Trinajstić information content (AvgIpc) is 2.91. The van der Waals surface area contributed by atoms with Crippen molar-refractivity contribution >= 4 is 5.71 Å². The van der Waals surface area contributed by atoms with Crippen LogP contribution in [0.4, 0.5) is 0 Å². The maximum atomic E-state index is 8.96. The van der Waals surface area contributed by atoms with E-state index < -0.39 is 0 Å². The van der Waals surface area contributed by atoms with Gasteiger partial charge in [0.15, 0.2) is 0 Å². The van der Waals surface area contributed by atoms with Gasteiger partial charge in [-0.15, -0.1) is 0 Å². The third-order valence-corrected chi connectivity index (χ3v) is 4.80. The lowest BCUT2D eigenvalue weighted by molar-refractivity contribution is 0.244. The smallest absolute Gasteiger partial charge is 0.0991 e. The summed E-state index contributed by atoms with van der Waals surface area (Å²) in [6.45, 7) is 0. The maximum Gasteiger partial charge on any atom is 0.0991 e. The molecule has 1 heterocycles. The molecule has 2 aromatic carbocycles. The van der Waals surface area contributed by atoms with Crippen molar-refractivity contribution < 1.29 is 0 Å². The van der Waals surface area contributed by atoms with Gasteiger partial charge in [-0.05, 0) is 36.1 Å². The first-order chi connectivity index (χ1) is 10.8. The standard InChI is InChI=1S/C19H17N3/c1-22-19(15-8-6-13(12-20)7-9-15)17-11-10-14-4-2-3-5-16(14)18(17)21-22/h2-9,17,19H,10-11H2,1H3/t17-,19+/m0/s1. The van der Waals surface area contributed by atoms with Crippen molar-refractivity contribution in [1.82, 2.24) is 5.01 Å². The van der Waals surface area contributed by atoms with Crippen LogP contribution in [0.2, 0.25) is 0 Å². The van der Waals surface area contributed by atoms with E-state index in [4.69, 9.17) is 10.4 Å². The number of aryl methyl sites for hydroxylation is 1. The van der Waals surface area contributed by atoms with E-state index in [1.807, 2.05) is 12.1 Å². The number of hydrogen-bond acceptors (Lipinski definition) is 3. The van der Waals surface area contributed by atoms with E-state index in [0.29, 0.717) is 11.5 Å². The van der Waals surface area contributed by atoms with Crippen molar-refractivity contribution in [2.45, 2.75) is 18.9 Å². The summed E-state index contributed by atoms with van der Waals surface area (Å²) < 4.78 is 0. The number of nitrogens with zero attached hydrogens (tertiary/aromatic N) is 3. The minimum atomic E-state index is 0.274. The van der Waals surface area contributed by atoms with Gasteiger partial charge in [0.1, 0.15) is 0 Å². The highest BCUT2D eigenvalue weighted by molar-refractivity contribution is 6.05. The molecule has 0 unspecified atom stereocenters. The second-order valence-electron chi connectivity index (χ2n) is 6.04. The zero-order valence-electron chi connectivity index (χ0n) is 12.5. The molecule has 0 aromatic heterocycles. The molecule has 22 heavy (non-hydrogen) atoms. The van der Waals surface area contributed by atoms with E-state index in [2.05, 4.69) is 54.5 Å². The summed E-state index contributed by atoms with van der Waals surface area (Å²) in [4.78, 5) is 0. The summed E-state index contributed by atoms with van der Waals surface area (Å²) >= 11 is 0. The molecule has 4 rings (SSSR count). The largest absolute Gasteiger partial charge is 0.292 e. The second-order valence-corrected chi connectivity index (χ2v) is 6.04. The van der Waals surface area contributed by atoms with Gasteiger partial charge >= 0.3 is 0 Å². The van der Waals surface area contributed by atoms with E-state index in [1.54, 1.807) is 0 Å². The summed E-state index contributed by atoms with van der Waals surface area (Å²) in [6.07, 6.45) is 2.24. The first kappa shape index (κ1) is 13.1. The Morgan fingerprint density at radius 1 is 1.14 bits per heavy atom. The van der Waals surface area contributed by atoms with Crippen molar-refractivity contribution in [3.05, 3.63) is 70.8 Å². The SMILES string of the molecule is CN1N=C2c3ccccc3CC[C@@H]2[C@H]1c1ccc(C#N)cc1. The van der Waals surface area contributed by atoms with Crippen molar-refractivity contribution in [2.24, 2.45) is 11.0 Å². The highest BCUT2D eigenvalue weighted by Crippen LogP contribution is 2.42. The number of benzene rings is 2. The summed E-state index contributed by atoms with van der Waals surface area (Å²) in [6, 6.07) is 19.0. The molecule has 3 heteroatoms. The van der Waals surface area contributed by atoms with E-state index in [-0.39, 0.29) is 6.04 Å². The fraction of sp³-hybridized carbons (Fsp3) is 0.263. The van der Waals surface area contributed by atoms with Gasteiger partial charge < -0.3 is 0 Å². The van der Waals surface area contributed by atoms with Gasteiger partial charge in [0.25, 0.3) is 0 Å².